The molecule has 0 N–H and O–H groups in total. The van der Waals surface area contributed by atoms with E-state index >= 15 is 0 Å². The Morgan fingerprint density at radius 1 is 1.55 bits per heavy atom. The first-order valence-corrected chi connectivity index (χ1v) is 7.70. The fraction of sp³-hybridized carbons (Fsp3) is 0.533. The van der Waals surface area contributed by atoms with Crippen LogP contribution >= 0.6 is 15.9 Å². The highest BCUT2D eigenvalue weighted by molar-refractivity contribution is 9.10. The Morgan fingerprint density at radius 3 is 3.10 bits per heavy atom. The Hall–Kier alpha value is -0.780. The van der Waals surface area contributed by atoms with Gasteiger partial charge in [0.1, 0.15) is 11.9 Å². The maximum Gasteiger partial charge on any atom is 0.167 e. The maximum absolute atomic E-state index is 13.4. The van der Waals surface area contributed by atoms with E-state index in [4.69, 9.17) is 4.74 Å². The van der Waals surface area contributed by atoms with Gasteiger partial charge < -0.3 is 4.74 Å². The van der Waals surface area contributed by atoms with Crippen molar-refractivity contribution in [1.29, 1.82) is 0 Å². The monoisotopic (exact) mass is 343 g/mol. The van der Waals surface area contributed by atoms with Gasteiger partial charge in [0, 0.05) is 19.5 Å². The van der Waals surface area contributed by atoms with Crippen molar-refractivity contribution in [2.24, 2.45) is 0 Å². The number of ether oxygens (including phenoxy) is 1. The van der Waals surface area contributed by atoms with Gasteiger partial charge >= 0.3 is 0 Å². The number of halogens is 2. The SMILES string of the molecule is CCCN1CCOC(C(=O)Cc2cccc(F)c2Br)C1. The summed E-state index contributed by atoms with van der Waals surface area (Å²) in [6.45, 7) is 5.20. The van der Waals surface area contributed by atoms with Gasteiger partial charge in [-0.25, -0.2) is 4.39 Å². The van der Waals surface area contributed by atoms with E-state index < -0.39 is 6.10 Å². The molecule has 0 aliphatic carbocycles. The fourth-order valence-corrected chi connectivity index (χ4v) is 2.81. The van der Waals surface area contributed by atoms with Crippen molar-refractivity contribution in [3.05, 3.63) is 34.1 Å². The minimum absolute atomic E-state index is 0.0112. The number of nitrogens with zero attached hydrogens (tertiary/aromatic N) is 1. The molecule has 20 heavy (non-hydrogen) atoms. The summed E-state index contributed by atoms with van der Waals surface area (Å²) in [6.07, 6.45) is 0.866. The minimum atomic E-state index is -0.398. The number of hydrogen-bond donors (Lipinski definition) is 0. The number of ketones is 1. The molecule has 0 amide bonds. The molecule has 0 radical (unpaired) electrons. The Bertz CT molecular complexity index is 479. The summed E-state index contributed by atoms with van der Waals surface area (Å²) in [7, 11) is 0. The first-order valence-electron chi connectivity index (χ1n) is 6.91. The van der Waals surface area contributed by atoms with Crippen LogP contribution in [0.25, 0.3) is 0 Å². The van der Waals surface area contributed by atoms with E-state index in [1.54, 1.807) is 12.1 Å². The molecule has 3 nitrogen and oxygen atoms in total. The number of rotatable bonds is 5. The summed E-state index contributed by atoms with van der Waals surface area (Å²) in [5.74, 6) is -0.329. The lowest BCUT2D eigenvalue weighted by Gasteiger charge is -2.31. The average Bonchev–Trinajstić information content (AvgIpc) is 2.44. The van der Waals surface area contributed by atoms with Crippen LogP contribution < -0.4 is 0 Å². The van der Waals surface area contributed by atoms with Gasteiger partial charge in [-0.15, -0.1) is 0 Å². The van der Waals surface area contributed by atoms with Crippen LogP contribution in [0.15, 0.2) is 22.7 Å². The van der Waals surface area contributed by atoms with Gasteiger partial charge in [0.2, 0.25) is 0 Å². The zero-order valence-electron chi connectivity index (χ0n) is 11.6. The summed E-state index contributed by atoms with van der Waals surface area (Å²) >= 11 is 3.19. The third-order valence-corrected chi connectivity index (χ3v) is 4.33. The summed E-state index contributed by atoms with van der Waals surface area (Å²) < 4.78 is 19.4. The number of Topliss-reactive ketones (excluding diaryl/α,β-unsaturated/α-hetero) is 1. The van der Waals surface area contributed by atoms with Crippen molar-refractivity contribution >= 4 is 21.7 Å². The van der Waals surface area contributed by atoms with Gasteiger partial charge in [0.05, 0.1) is 11.1 Å². The van der Waals surface area contributed by atoms with E-state index in [-0.39, 0.29) is 18.0 Å². The lowest BCUT2D eigenvalue weighted by atomic mass is 10.0. The van der Waals surface area contributed by atoms with E-state index in [1.165, 1.54) is 6.07 Å². The van der Waals surface area contributed by atoms with Crippen LogP contribution in [-0.2, 0) is 16.0 Å². The highest BCUT2D eigenvalue weighted by atomic mass is 79.9. The zero-order chi connectivity index (χ0) is 14.5. The number of hydrogen-bond acceptors (Lipinski definition) is 3. The third kappa shape index (κ3) is 3.87. The van der Waals surface area contributed by atoms with Gasteiger partial charge in [-0.1, -0.05) is 19.1 Å². The maximum atomic E-state index is 13.4. The molecule has 1 unspecified atom stereocenters. The molecule has 1 atom stereocenters. The van der Waals surface area contributed by atoms with Crippen molar-refractivity contribution in [3.8, 4) is 0 Å². The molecular weight excluding hydrogens is 325 g/mol. The van der Waals surface area contributed by atoms with Gasteiger partial charge in [-0.3, -0.25) is 9.69 Å². The second-order valence-corrected chi connectivity index (χ2v) is 5.81. The summed E-state index contributed by atoms with van der Waals surface area (Å²) in [6, 6.07) is 4.75. The molecular formula is C15H19BrFNO2. The number of benzene rings is 1. The molecule has 0 aromatic heterocycles. The topological polar surface area (TPSA) is 29.5 Å². The predicted molar refractivity (Wildman–Crippen MR) is 79.3 cm³/mol. The van der Waals surface area contributed by atoms with Crippen LogP contribution in [0.2, 0.25) is 0 Å². The average molecular weight is 344 g/mol. The minimum Gasteiger partial charge on any atom is -0.368 e. The Morgan fingerprint density at radius 2 is 2.35 bits per heavy atom. The molecule has 0 spiro atoms. The van der Waals surface area contributed by atoms with Crippen molar-refractivity contribution in [2.75, 3.05) is 26.2 Å². The molecule has 1 fully saturated rings. The molecule has 1 aromatic carbocycles. The van der Waals surface area contributed by atoms with Crippen molar-refractivity contribution in [2.45, 2.75) is 25.9 Å². The molecule has 2 rings (SSSR count). The predicted octanol–water partition coefficient (Wildman–Crippen LogP) is 2.81. The highest BCUT2D eigenvalue weighted by Gasteiger charge is 2.26. The Kier molecular flexibility index (Phi) is 5.69. The van der Waals surface area contributed by atoms with Crippen LogP contribution in [0.4, 0.5) is 4.39 Å². The van der Waals surface area contributed by atoms with E-state index in [9.17, 15) is 9.18 Å². The van der Waals surface area contributed by atoms with Crippen LogP contribution in [0.3, 0.4) is 0 Å². The molecule has 1 aromatic rings. The van der Waals surface area contributed by atoms with Crippen LogP contribution in [0.1, 0.15) is 18.9 Å². The molecule has 1 aliphatic heterocycles. The van der Waals surface area contributed by atoms with Crippen molar-refractivity contribution in [1.82, 2.24) is 4.90 Å². The largest absolute Gasteiger partial charge is 0.368 e. The molecule has 0 saturated carbocycles. The molecule has 0 bridgehead atoms. The van der Waals surface area contributed by atoms with E-state index in [0.717, 1.165) is 19.5 Å². The molecule has 5 heteroatoms. The van der Waals surface area contributed by atoms with E-state index in [1.807, 2.05) is 0 Å². The van der Waals surface area contributed by atoms with Crippen LogP contribution in [0, 0.1) is 5.82 Å². The van der Waals surface area contributed by atoms with Crippen LogP contribution in [-0.4, -0.2) is 43.0 Å². The number of morpholine rings is 1. The lowest BCUT2D eigenvalue weighted by molar-refractivity contribution is -0.135. The van der Waals surface area contributed by atoms with Gasteiger partial charge in [-0.05, 0) is 40.5 Å². The van der Waals surface area contributed by atoms with E-state index in [0.29, 0.717) is 23.2 Å². The Balaban J connectivity index is 1.99. The summed E-state index contributed by atoms with van der Waals surface area (Å²) in [5.41, 5.74) is 0.672. The molecule has 1 saturated heterocycles. The molecule has 110 valence electrons. The van der Waals surface area contributed by atoms with E-state index in [2.05, 4.69) is 27.8 Å². The lowest BCUT2D eigenvalue weighted by Crippen LogP contribution is -2.46. The summed E-state index contributed by atoms with van der Waals surface area (Å²) in [4.78, 5) is 14.5. The molecule has 1 heterocycles. The zero-order valence-corrected chi connectivity index (χ0v) is 13.2. The first kappa shape index (κ1) is 15.6. The van der Waals surface area contributed by atoms with Crippen molar-refractivity contribution < 1.29 is 13.9 Å². The van der Waals surface area contributed by atoms with Crippen LogP contribution in [0.5, 0.6) is 0 Å². The standard InChI is InChI=1S/C15H19BrFNO2/c1-2-6-18-7-8-20-14(10-18)13(19)9-11-4-3-5-12(17)15(11)16/h3-5,14H,2,6-10H2,1H3. The van der Waals surface area contributed by atoms with Gasteiger partial charge in [0.25, 0.3) is 0 Å². The summed E-state index contributed by atoms with van der Waals surface area (Å²) in [5, 5.41) is 0. The van der Waals surface area contributed by atoms with Crippen molar-refractivity contribution in [3.63, 3.8) is 0 Å². The number of carbonyl (C=O) groups excluding carboxylic acids is 1. The second kappa shape index (κ2) is 7.29. The Labute approximate surface area is 127 Å². The smallest absolute Gasteiger partial charge is 0.167 e. The van der Waals surface area contributed by atoms with Gasteiger partial charge in [0.15, 0.2) is 5.78 Å². The fourth-order valence-electron chi connectivity index (χ4n) is 2.40. The quantitative estimate of drug-likeness (QED) is 0.823. The van der Waals surface area contributed by atoms with Gasteiger partial charge in [-0.2, -0.15) is 0 Å². The number of carbonyl (C=O) groups is 1. The third-order valence-electron chi connectivity index (χ3n) is 3.45. The second-order valence-electron chi connectivity index (χ2n) is 5.02. The molecule has 1 aliphatic rings. The first-order chi connectivity index (χ1) is 9.61. The highest BCUT2D eigenvalue weighted by Crippen LogP contribution is 2.22. The normalized spacial score (nSPS) is 20.1.